The van der Waals surface area contributed by atoms with Gasteiger partial charge in [-0.05, 0) is 43.3 Å². The van der Waals surface area contributed by atoms with Crippen LogP contribution in [-0.2, 0) is 4.79 Å². The highest BCUT2D eigenvalue weighted by molar-refractivity contribution is 9.10. The van der Waals surface area contributed by atoms with Crippen LogP contribution >= 0.6 is 27.5 Å². The fourth-order valence-corrected chi connectivity index (χ4v) is 3.61. The third kappa shape index (κ3) is 3.57. The third-order valence-electron chi connectivity index (χ3n) is 4.42. The molecule has 26 heavy (non-hydrogen) atoms. The molecule has 0 aliphatic carbocycles. The summed E-state index contributed by atoms with van der Waals surface area (Å²) in [6.45, 7) is 2.54. The van der Waals surface area contributed by atoms with Gasteiger partial charge in [0.2, 0.25) is 5.91 Å². The van der Waals surface area contributed by atoms with Crippen LogP contribution in [0.25, 0.3) is 0 Å². The molecule has 136 valence electrons. The number of methoxy groups -OCH3 is 1. The lowest BCUT2D eigenvalue weighted by molar-refractivity contribution is -0.124. The summed E-state index contributed by atoms with van der Waals surface area (Å²) in [6.07, 6.45) is 0. The van der Waals surface area contributed by atoms with Crippen LogP contribution in [0, 0.1) is 0 Å². The van der Waals surface area contributed by atoms with Crippen molar-refractivity contribution in [3.8, 4) is 5.75 Å². The number of hydrogen-bond donors (Lipinski definition) is 0. The molecule has 0 bridgehead atoms. The van der Waals surface area contributed by atoms with Gasteiger partial charge in [-0.3, -0.25) is 9.59 Å². The van der Waals surface area contributed by atoms with Crippen molar-refractivity contribution in [2.75, 3.05) is 25.1 Å². The van der Waals surface area contributed by atoms with Crippen molar-refractivity contribution in [3.63, 3.8) is 0 Å². The van der Waals surface area contributed by atoms with Crippen molar-refractivity contribution < 1.29 is 14.3 Å². The van der Waals surface area contributed by atoms with Crippen molar-refractivity contribution in [2.24, 2.45) is 0 Å². The highest BCUT2D eigenvalue weighted by Crippen LogP contribution is 2.33. The Hall–Kier alpha value is -2.05. The average molecular weight is 438 g/mol. The fourth-order valence-electron chi connectivity index (χ4n) is 3.05. The number of piperazine rings is 1. The van der Waals surface area contributed by atoms with Crippen LogP contribution in [-0.4, -0.2) is 43.0 Å². The number of hydrogen-bond acceptors (Lipinski definition) is 3. The maximum absolute atomic E-state index is 12.9. The number of rotatable bonds is 3. The van der Waals surface area contributed by atoms with Gasteiger partial charge in [0, 0.05) is 28.1 Å². The van der Waals surface area contributed by atoms with Gasteiger partial charge in [0.25, 0.3) is 5.91 Å². The molecule has 0 spiro atoms. The molecule has 3 rings (SSSR count). The zero-order valence-corrected chi connectivity index (χ0v) is 16.8. The highest BCUT2D eigenvalue weighted by atomic mass is 79.9. The van der Waals surface area contributed by atoms with E-state index >= 15 is 0 Å². The van der Waals surface area contributed by atoms with Crippen molar-refractivity contribution >= 4 is 45.0 Å². The summed E-state index contributed by atoms with van der Waals surface area (Å²) in [7, 11) is 1.55. The Bertz CT molecular complexity index is 858. The smallest absolute Gasteiger partial charge is 0.254 e. The van der Waals surface area contributed by atoms with Crippen LogP contribution in [0.5, 0.6) is 5.75 Å². The lowest BCUT2D eigenvalue weighted by atomic mass is 10.1. The molecule has 1 aliphatic heterocycles. The molecule has 1 saturated heterocycles. The largest absolute Gasteiger partial charge is 0.495 e. The molecule has 2 amide bonds. The molecular weight excluding hydrogens is 420 g/mol. The second-order valence-electron chi connectivity index (χ2n) is 5.99. The second kappa shape index (κ2) is 7.68. The molecule has 1 atom stereocenters. The molecule has 1 heterocycles. The van der Waals surface area contributed by atoms with Crippen molar-refractivity contribution in [1.29, 1.82) is 0 Å². The van der Waals surface area contributed by atoms with Crippen LogP contribution in [0.4, 0.5) is 5.69 Å². The van der Waals surface area contributed by atoms with Gasteiger partial charge in [0.15, 0.2) is 0 Å². The van der Waals surface area contributed by atoms with Crippen molar-refractivity contribution in [3.05, 3.63) is 57.5 Å². The van der Waals surface area contributed by atoms with Gasteiger partial charge in [0.05, 0.1) is 12.8 Å². The van der Waals surface area contributed by atoms with E-state index in [9.17, 15) is 9.59 Å². The lowest BCUT2D eigenvalue weighted by Gasteiger charge is -2.39. The number of amides is 2. The minimum atomic E-state index is -0.584. The minimum absolute atomic E-state index is 0.162. The van der Waals surface area contributed by atoms with Gasteiger partial charge >= 0.3 is 0 Å². The van der Waals surface area contributed by atoms with E-state index in [1.807, 2.05) is 6.07 Å². The zero-order valence-electron chi connectivity index (χ0n) is 14.4. The summed E-state index contributed by atoms with van der Waals surface area (Å²) in [5.74, 6) is 0.242. The Morgan fingerprint density at radius 2 is 2.00 bits per heavy atom. The predicted octanol–water partition coefficient (Wildman–Crippen LogP) is 3.99. The molecule has 1 fully saturated rings. The quantitative estimate of drug-likeness (QED) is 0.729. The van der Waals surface area contributed by atoms with Crippen LogP contribution in [0.15, 0.2) is 46.9 Å². The second-order valence-corrected chi connectivity index (χ2v) is 7.34. The summed E-state index contributed by atoms with van der Waals surface area (Å²) in [5.41, 5.74) is 1.17. The summed E-state index contributed by atoms with van der Waals surface area (Å²) in [6, 6.07) is 11.7. The highest BCUT2D eigenvalue weighted by Gasteiger charge is 2.36. The van der Waals surface area contributed by atoms with Crippen molar-refractivity contribution in [2.45, 2.75) is 13.0 Å². The summed E-state index contributed by atoms with van der Waals surface area (Å²) in [4.78, 5) is 29.0. The monoisotopic (exact) mass is 436 g/mol. The fraction of sp³-hybridized carbons (Fsp3) is 0.263. The van der Waals surface area contributed by atoms with Crippen LogP contribution in [0.3, 0.4) is 0 Å². The third-order valence-corrected chi connectivity index (χ3v) is 5.15. The van der Waals surface area contributed by atoms with Gasteiger partial charge in [-0.1, -0.05) is 33.6 Å². The normalized spacial score (nSPS) is 17.4. The van der Waals surface area contributed by atoms with Gasteiger partial charge < -0.3 is 14.5 Å². The standard InChI is InChI=1S/C19H18BrClN2O3/c1-12-18(24)23(16-11-15(21)6-7-17(16)26-2)9-8-22(12)19(25)13-4-3-5-14(20)10-13/h3-7,10-12H,8-9H2,1-2H3/t12-/m0/s1. The van der Waals surface area contributed by atoms with Crippen molar-refractivity contribution in [1.82, 2.24) is 4.90 Å². The minimum Gasteiger partial charge on any atom is -0.495 e. The predicted molar refractivity (Wildman–Crippen MR) is 105 cm³/mol. The topological polar surface area (TPSA) is 49.9 Å². The number of benzene rings is 2. The Balaban J connectivity index is 1.85. The van der Waals surface area contributed by atoms with E-state index in [0.717, 1.165) is 4.47 Å². The van der Waals surface area contributed by atoms with E-state index < -0.39 is 6.04 Å². The number of halogens is 2. The average Bonchev–Trinajstić information content (AvgIpc) is 2.63. The Morgan fingerprint density at radius 3 is 2.69 bits per heavy atom. The molecule has 0 saturated carbocycles. The molecular formula is C19H18BrClN2O3. The van der Waals surface area contributed by atoms with Gasteiger partial charge in [0.1, 0.15) is 11.8 Å². The van der Waals surface area contributed by atoms with E-state index in [2.05, 4.69) is 15.9 Å². The number of anilines is 1. The van der Waals surface area contributed by atoms with E-state index in [0.29, 0.717) is 35.1 Å². The molecule has 1 aliphatic rings. The number of nitrogens with zero attached hydrogens (tertiary/aromatic N) is 2. The first-order valence-electron chi connectivity index (χ1n) is 8.14. The Morgan fingerprint density at radius 1 is 1.23 bits per heavy atom. The van der Waals surface area contributed by atoms with Crippen LogP contribution in [0.2, 0.25) is 5.02 Å². The van der Waals surface area contributed by atoms with E-state index in [1.54, 1.807) is 60.2 Å². The summed E-state index contributed by atoms with van der Waals surface area (Å²) >= 11 is 9.46. The molecule has 0 aromatic heterocycles. The van der Waals surface area contributed by atoms with Crippen LogP contribution in [0.1, 0.15) is 17.3 Å². The number of carbonyl (C=O) groups is 2. The zero-order chi connectivity index (χ0) is 18.8. The maximum atomic E-state index is 12.9. The summed E-state index contributed by atoms with van der Waals surface area (Å²) < 4.78 is 6.18. The lowest BCUT2D eigenvalue weighted by Crippen LogP contribution is -2.57. The van der Waals surface area contributed by atoms with Gasteiger partial charge in [-0.15, -0.1) is 0 Å². The van der Waals surface area contributed by atoms with E-state index in [4.69, 9.17) is 16.3 Å². The Labute approximate surface area is 165 Å². The number of carbonyl (C=O) groups excluding carboxylic acids is 2. The van der Waals surface area contributed by atoms with Crippen LogP contribution < -0.4 is 9.64 Å². The molecule has 2 aromatic carbocycles. The maximum Gasteiger partial charge on any atom is 0.254 e. The Kier molecular flexibility index (Phi) is 5.53. The van der Waals surface area contributed by atoms with Gasteiger partial charge in [-0.2, -0.15) is 0 Å². The molecule has 0 N–H and O–H groups in total. The molecule has 0 unspecified atom stereocenters. The molecule has 0 radical (unpaired) electrons. The molecule has 5 nitrogen and oxygen atoms in total. The molecule has 7 heteroatoms. The number of ether oxygens (including phenoxy) is 1. The van der Waals surface area contributed by atoms with Gasteiger partial charge in [-0.25, -0.2) is 0 Å². The van der Waals surface area contributed by atoms with E-state index in [1.165, 1.54) is 0 Å². The van der Waals surface area contributed by atoms with E-state index in [-0.39, 0.29) is 11.8 Å². The first kappa shape index (κ1) is 18.7. The first-order valence-corrected chi connectivity index (χ1v) is 9.31. The molecule has 2 aromatic rings. The SMILES string of the molecule is COc1ccc(Cl)cc1N1CCN(C(=O)c2cccc(Br)c2)[C@@H](C)C1=O. The first-order chi connectivity index (χ1) is 12.4. The summed E-state index contributed by atoms with van der Waals surface area (Å²) in [5, 5.41) is 0.522.